The van der Waals surface area contributed by atoms with Crippen LogP contribution >= 0.6 is 11.3 Å². The molecule has 0 radical (unpaired) electrons. The SMILES string of the molecule is CC1=CCCC2(C)C(CCC2(O)CN(Cc2cccc3ccccc23)S(=O)(=O)c2cccs2)c2ccc(cc2C(=O)c2ccc(-c3ccccc3)cc2)CC(O)CC1. The van der Waals surface area contributed by atoms with Crippen molar-refractivity contribution in [2.45, 2.75) is 87.2 Å². The Morgan fingerprint density at radius 3 is 2.36 bits per heavy atom. The fourth-order valence-electron chi connectivity index (χ4n) is 9.47. The van der Waals surface area contributed by atoms with Crippen LogP contribution in [-0.4, -0.2) is 47.0 Å². The van der Waals surface area contributed by atoms with Crippen molar-refractivity contribution in [3.8, 4) is 11.1 Å². The van der Waals surface area contributed by atoms with E-state index in [1.54, 1.807) is 17.5 Å². The van der Waals surface area contributed by atoms with Crippen LogP contribution in [0.3, 0.4) is 0 Å². The number of fused-ring (bicyclic) bond motifs is 9. The second kappa shape index (κ2) is 16.5. The standard InChI is InChI=1S/C50H51NO5S2/c1-35-11-9-28-49(2)46(27-29-50(49,54)34-51(58(55,56)47-18-10-30-57-47)33-41-16-8-15-39-14-6-7-17-43(39)41)44-26-20-36(31-42(52)25-19-35)32-45(44)48(53)40-23-21-38(22-24-40)37-12-4-3-5-13-37/h3-8,10-18,20-24,26,30,32,42,46,52,54H,9,19,25,27-29,31,33-34H2,1-2H3. The Hall–Kier alpha value is -4.70. The molecule has 58 heavy (non-hydrogen) atoms. The first kappa shape index (κ1) is 40.1. The number of allylic oxidation sites excluding steroid dienone is 2. The van der Waals surface area contributed by atoms with Gasteiger partial charge in [-0.2, -0.15) is 4.31 Å². The zero-order valence-electron chi connectivity index (χ0n) is 33.2. The highest BCUT2D eigenvalue weighted by atomic mass is 32.2. The van der Waals surface area contributed by atoms with Crippen LogP contribution in [0.15, 0.2) is 149 Å². The number of rotatable bonds is 9. The van der Waals surface area contributed by atoms with E-state index in [0.29, 0.717) is 49.7 Å². The van der Waals surface area contributed by atoms with Crippen LogP contribution in [0, 0.1) is 5.41 Å². The largest absolute Gasteiger partial charge is 0.393 e. The van der Waals surface area contributed by atoms with E-state index < -0.39 is 27.1 Å². The number of aliphatic hydroxyl groups is 2. The summed E-state index contributed by atoms with van der Waals surface area (Å²) in [5, 5.41) is 28.1. The molecule has 3 aliphatic rings. The van der Waals surface area contributed by atoms with Gasteiger partial charge >= 0.3 is 0 Å². The molecule has 1 aromatic heterocycles. The molecule has 6 aromatic rings. The lowest BCUT2D eigenvalue weighted by atomic mass is 9.64. The van der Waals surface area contributed by atoms with E-state index in [9.17, 15) is 23.4 Å². The third-order valence-corrected chi connectivity index (χ3v) is 16.1. The number of thiophene rings is 1. The summed E-state index contributed by atoms with van der Waals surface area (Å²) < 4.78 is 31.0. The van der Waals surface area contributed by atoms with Gasteiger partial charge in [0.05, 0.1) is 11.7 Å². The van der Waals surface area contributed by atoms with Crippen LogP contribution in [0.25, 0.3) is 21.9 Å². The molecule has 1 heterocycles. The van der Waals surface area contributed by atoms with Gasteiger partial charge in [0.25, 0.3) is 10.0 Å². The normalized spacial score (nSPS) is 22.7. The molecule has 4 atom stereocenters. The van der Waals surface area contributed by atoms with E-state index >= 15 is 0 Å². The molecule has 8 heteroatoms. The van der Waals surface area contributed by atoms with Crippen LogP contribution < -0.4 is 0 Å². The van der Waals surface area contributed by atoms with E-state index in [1.165, 1.54) is 21.2 Å². The number of carbonyl (C=O) groups is 1. The van der Waals surface area contributed by atoms with Crippen LogP contribution in [0.4, 0.5) is 0 Å². The van der Waals surface area contributed by atoms with Gasteiger partial charge < -0.3 is 10.2 Å². The van der Waals surface area contributed by atoms with Crippen molar-refractivity contribution in [2.24, 2.45) is 5.41 Å². The van der Waals surface area contributed by atoms with Crippen molar-refractivity contribution in [3.63, 3.8) is 0 Å². The molecule has 0 spiro atoms. The minimum Gasteiger partial charge on any atom is -0.393 e. The predicted octanol–water partition coefficient (Wildman–Crippen LogP) is 10.7. The second-order valence-electron chi connectivity index (χ2n) is 16.6. The summed E-state index contributed by atoms with van der Waals surface area (Å²) in [6.45, 7) is 4.20. The van der Waals surface area contributed by atoms with Gasteiger partial charge in [-0.15, -0.1) is 11.3 Å². The van der Waals surface area contributed by atoms with Crippen LogP contribution in [0.2, 0.25) is 0 Å². The Morgan fingerprint density at radius 1 is 0.845 bits per heavy atom. The Bertz CT molecular complexity index is 2540. The number of carbonyl (C=O) groups excluding carboxylic acids is 1. The summed E-state index contributed by atoms with van der Waals surface area (Å²) in [5.41, 5.74) is 4.77. The Labute approximate surface area is 346 Å². The molecule has 0 amide bonds. The number of sulfonamides is 1. The molecule has 1 fully saturated rings. The smallest absolute Gasteiger partial charge is 0.252 e. The van der Waals surface area contributed by atoms with Crippen molar-refractivity contribution in [1.82, 2.24) is 4.31 Å². The molecule has 1 saturated carbocycles. The minimum atomic E-state index is -4.01. The number of benzene rings is 5. The van der Waals surface area contributed by atoms with E-state index in [-0.39, 0.29) is 29.0 Å². The molecular weight excluding hydrogens is 759 g/mol. The molecule has 0 aliphatic heterocycles. The molecule has 2 N–H and O–H groups in total. The number of ketones is 1. The van der Waals surface area contributed by atoms with E-state index in [0.717, 1.165) is 45.0 Å². The lowest BCUT2D eigenvalue weighted by molar-refractivity contribution is -0.0731. The lowest BCUT2D eigenvalue weighted by Crippen LogP contribution is -2.53. The highest BCUT2D eigenvalue weighted by molar-refractivity contribution is 7.91. The molecule has 6 nitrogen and oxygen atoms in total. The molecule has 0 saturated heterocycles. The maximum Gasteiger partial charge on any atom is 0.252 e. The second-order valence-corrected chi connectivity index (χ2v) is 19.7. The molecular formula is C50H51NO5S2. The maximum atomic E-state index is 14.7. The average molecular weight is 810 g/mol. The van der Waals surface area contributed by atoms with Gasteiger partial charge in [0, 0.05) is 29.6 Å². The topological polar surface area (TPSA) is 94.9 Å². The Balaban J connectivity index is 1.22. The van der Waals surface area contributed by atoms with E-state index in [4.69, 9.17) is 0 Å². The Morgan fingerprint density at radius 2 is 1.59 bits per heavy atom. The summed E-state index contributed by atoms with van der Waals surface area (Å²) in [6.07, 6.45) is 5.60. The number of nitrogens with zero attached hydrogens (tertiary/aromatic N) is 1. The zero-order chi connectivity index (χ0) is 40.5. The molecule has 5 aromatic carbocycles. The van der Waals surface area contributed by atoms with Gasteiger partial charge in [-0.05, 0) is 114 Å². The number of hydrogen-bond donors (Lipinski definition) is 2. The summed E-state index contributed by atoms with van der Waals surface area (Å²) in [5.74, 6) is -0.357. The van der Waals surface area contributed by atoms with Crippen molar-refractivity contribution >= 4 is 37.9 Å². The van der Waals surface area contributed by atoms with Crippen molar-refractivity contribution in [3.05, 3.63) is 172 Å². The Kier molecular flexibility index (Phi) is 11.4. The molecule has 9 rings (SSSR count). The van der Waals surface area contributed by atoms with Crippen molar-refractivity contribution < 1.29 is 23.4 Å². The molecule has 4 unspecified atom stereocenters. The fourth-order valence-corrected chi connectivity index (χ4v) is 12.1. The van der Waals surface area contributed by atoms with Crippen molar-refractivity contribution in [2.75, 3.05) is 6.54 Å². The first-order valence-corrected chi connectivity index (χ1v) is 22.7. The fraction of sp³-hybridized carbons (Fsp3) is 0.300. The van der Waals surface area contributed by atoms with Gasteiger partial charge in [0.1, 0.15) is 4.21 Å². The predicted molar refractivity (Wildman–Crippen MR) is 235 cm³/mol. The zero-order valence-corrected chi connectivity index (χ0v) is 34.8. The summed E-state index contributed by atoms with van der Waals surface area (Å²) in [6, 6.07) is 41.1. The third kappa shape index (κ3) is 7.88. The van der Waals surface area contributed by atoms with Crippen LogP contribution in [0.5, 0.6) is 0 Å². The number of aliphatic hydroxyl groups excluding tert-OH is 1. The summed E-state index contributed by atoms with van der Waals surface area (Å²) in [4.78, 5) is 14.7. The lowest BCUT2D eigenvalue weighted by Gasteiger charge is -2.46. The van der Waals surface area contributed by atoms with E-state index in [1.807, 2.05) is 115 Å². The highest BCUT2D eigenvalue weighted by Gasteiger charge is 2.58. The minimum absolute atomic E-state index is 0.0966. The third-order valence-electron chi connectivity index (χ3n) is 12.9. The quantitative estimate of drug-likeness (QED) is 0.112. The van der Waals surface area contributed by atoms with Crippen molar-refractivity contribution in [1.29, 1.82) is 0 Å². The van der Waals surface area contributed by atoms with Gasteiger partial charge in [-0.25, -0.2) is 8.42 Å². The number of hydrogen-bond acceptors (Lipinski definition) is 6. The highest BCUT2D eigenvalue weighted by Crippen LogP contribution is 2.59. The van der Waals surface area contributed by atoms with Gasteiger partial charge in [0.2, 0.25) is 0 Å². The van der Waals surface area contributed by atoms with Gasteiger partial charge in [-0.3, -0.25) is 4.79 Å². The van der Waals surface area contributed by atoms with E-state index in [2.05, 4.69) is 19.9 Å². The van der Waals surface area contributed by atoms with Crippen LogP contribution in [-0.2, 0) is 23.0 Å². The summed E-state index contributed by atoms with van der Waals surface area (Å²) >= 11 is 1.18. The first-order chi connectivity index (χ1) is 27.9. The molecule has 298 valence electrons. The summed E-state index contributed by atoms with van der Waals surface area (Å²) in [7, 11) is -4.01. The first-order valence-electron chi connectivity index (χ1n) is 20.3. The maximum absolute atomic E-state index is 14.7. The molecule has 3 aliphatic carbocycles. The van der Waals surface area contributed by atoms with Gasteiger partial charge in [0.15, 0.2) is 5.78 Å². The monoisotopic (exact) mass is 809 g/mol. The van der Waals surface area contributed by atoms with Gasteiger partial charge in [-0.1, -0.05) is 134 Å². The molecule has 2 bridgehead atoms. The average Bonchev–Trinajstić information content (AvgIpc) is 3.87. The van der Waals surface area contributed by atoms with Crippen LogP contribution in [0.1, 0.15) is 90.9 Å².